The molecule has 3 heterocycles. The van der Waals surface area contributed by atoms with Crippen molar-refractivity contribution in [1.82, 2.24) is 15.2 Å². The number of aromatic amines is 1. The van der Waals surface area contributed by atoms with Gasteiger partial charge >= 0.3 is 0 Å². The Bertz CT molecular complexity index is 1950. The summed E-state index contributed by atoms with van der Waals surface area (Å²) in [6, 6.07) is 16.7. The van der Waals surface area contributed by atoms with Crippen molar-refractivity contribution >= 4 is 43.8 Å². The lowest BCUT2D eigenvalue weighted by Gasteiger charge is -2.28. The highest BCUT2D eigenvalue weighted by Gasteiger charge is 2.38. The average Bonchev–Trinajstić information content (AvgIpc) is 3.85. The minimum absolute atomic E-state index is 0.00570. The van der Waals surface area contributed by atoms with E-state index < -0.39 is 21.1 Å². The van der Waals surface area contributed by atoms with Gasteiger partial charge in [0, 0.05) is 42.6 Å². The van der Waals surface area contributed by atoms with Gasteiger partial charge in [0.1, 0.15) is 6.04 Å². The second-order valence-corrected chi connectivity index (χ2v) is 13.9. The topological polar surface area (TPSA) is 140 Å². The first-order valence-electron chi connectivity index (χ1n) is 14.6. The van der Waals surface area contributed by atoms with Gasteiger partial charge in [-0.15, -0.1) is 0 Å². The third kappa shape index (κ3) is 5.85. The molecule has 4 aromatic rings. The number of aryl methyl sites for hydroxylation is 1. The number of hydrogen-bond acceptors (Lipinski definition) is 7. The van der Waals surface area contributed by atoms with Crippen LogP contribution in [0.2, 0.25) is 0 Å². The van der Waals surface area contributed by atoms with Crippen LogP contribution >= 0.6 is 0 Å². The second-order valence-electron chi connectivity index (χ2n) is 11.7. The van der Waals surface area contributed by atoms with Gasteiger partial charge in [0.15, 0.2) is 9.84 Å². The van der Waals surface area contributed by atoms with E-state index >= 15 is 0 Å². The first-order chi connectivity index (χ1) is 21.0. The maximum absolute atomic E-state index is 14.3. The lowest BCUT2D eigenvalue weighted by molar-refractivity contribution is -0.131. The molecule has 10 nitrogen and oxygen atoms in total. The molecular weight excluding hydrogens is 578 g/mol. The molecule has 7 rings (SSSR count). The van der Waals surface area contributed by atoms with Gasteiger partial charge in [-0.1, -0.05) is 24.3 Å². The lowest BCUT2D eigenvalue weighted by Crippen LogP contribution is -2.36. The van der Waals surface area contributed by atoms with E-state index in [9.17, 15) is 22.8 Å². The Labute approximate surface area is 255 Å². The van der Waals surface area contributed by atoms with E-state index in [2.05, 4.69) is 20.9 Å². The number of benzene rings is 3. The van der Waals surface area contributed by atoms with E-state index in [0.717, 1.165) is 16.5 Å². The number of carbonyl (C=O) groups excluding carboxylic acids is 2. The molecular formula is C33H35N5O5S. The van der Waals surface area contributed by atoms with Crippen molar-refractivity contribution in [1.29, 1.82) is 0 Å². The SMILES string of the molecule is Cc1cc2ccc1[C@@H](C)NCC(=O)Nc1ccc(S(=O)(=O)C3CC3)c(c1)CN(C)C(=O)[C@@H]2Nc1ccc2cc[nH]c(=O)c2c1. The number of H-pyrrole nitrogens is 1. The molecule has 0 unspecified atom stereocenters. The van der Waals surface area contributed by atoms with Crippen molar-refractivity contribution in [3.05, 3.63) is 99.5 Å². The highest BCUT2D eigenvalue weighted by Crippen LogP contribution is 2.36. The Morgan fingerprint density at radius 3 is 2.50 bits per heavy atom. The van der Waals surface area contributed by atoms with E-state index in [0.29, 0.717) is 40.7 Å². The lowest BCUT2D eigenvalue weighted by atomic mass is 9.95. The van der Waals surface area contributed by atoms with Gasteiger partial charge in [0.25, 0.3) is 5.56 Å². The fourth-order valence-corrected chi connectivity index (χ4v) is 7.68. The molecule has 44 heavy (non-hydrogen) atoms. The molecule has 4 bridgehead atoms. The quantitative estimate of drug-likeness (QED) is 0.271. The highest BCUT2D eigenvalue weighted by atomic mass is 32.2. The van der Waals surface area contributed by atoms with Crippen LogP contribution in [0.4, 0.5) is 11.4 Å². The summed E-state index contributed by atoms with van der Waals surface area (Å²) < 4.78 is 26.7. The highest BCUT2D eigenvalue weighted by molar-refractivity contribution is 7.92. The number of anilines is 2. The minimum Gasteiger partial charge on any atom is -0.370 e. The van der Waals surface area contributed by atoms with Crippen LogP contribution in [0.15, 0.2) is 76.6 Å². The number of fused-ring (bicyclic) bond motifs is 10. The van der Waals surface area contributed by atoms with Crippen molar-refractivity contribution in [2.24, 2.45) is 0 Å². The summed E-state index contributed by atoms with van der Waals surface area (Å²) in [7, 11) is -1.95. The van der Waals surface area contributed by atoms with Crippen molar-refractivity contribution in [2.45, 2.75) is 55.5 Å². The van der Waals surface area contributed by atoms with E-state index in [-0.39, 0.29) is 41.4 Å². The molecule has 2 atom stereocenters. The molecule has 0 saturated heterocycles. The number of likely N-dealkylation sites (N-methyl/N-ethyl adjacent to an activating group) is 1. The smallest absolute Gasteiger partial charge is 0.255 e. The fraction of sp³-hybridized carbons (Fsp3) is 0.303. The Balaban J connectivity index is 1.44. The van der Waals surface area contributed by atoms with E-state index in [1.54, 1.807) is 31.4 Å². The monoisotopic (exact) mass is 613 g/mol. The maximum atomic E-state index is 14.3. The largest absolute Gasteiger partial charge is 0.370 e. The average molecular weight is 614 g/mol. The number of sulfone groups is 1. The van der Waals surface area contributed by atoms with Crippen LogP contribution in [0.1, 0.15) is 54.1 Å². The summed E-state index contributed by atoms with van der Waals surface area (Å²) in [4.78, 5) is 43.9. The van der Waals surface area contributed by atoms with Gasteiger partial charge in [-0.05, 0) is 90.7 Å². The van der Waals surface area contributed by atoms with Gasteiger partial charge in [0.2, 0.25) is 11.8 Å². The molecule has 4 N–H and O–H groups in total. The number of pyridine rings is 1. The standard InChI is InChI=1S/C33H35N5O5S/c1-19-14-22-5-10-27(19)20(2)35-17-30(39)36-24-7-11-29(44(42,43)26-8-9-26)23(15-24)18-38(3)33(41)31(22)37-25-6-4-21-12-13-34-32(40)28(21)16-25/h4-7,10-16,20,26,31,35,37H,8-9,17-18H2,1-3H3,(H,34,40)(H,36,39)/t20-,31-/m1/s1. The summed E-state index contributed by atoms with van der Waals surface area (Å²) in [6.07, 6.45) is 2.81. The molecule has 1 fully saturated rings. The molecule has 3 aromatic carbocycles. The van der Waals surface area contributed by atoms with E-state index in [1.165, 1.54) is 11.0 Å². The van der Waals surface area contributed by atoms with Crippen molar-refractivity contribution in [3.63, 3.8) is 0 Å². The summed E-state index contributed by atoms with van der Waals surface area (Å²) >= 11 is 0. The normalized spacial score (nSPS) is 19.7. The predicted octanol–water partition coefficient (Wildman–Crippen LogP) is 4.19. The van der Waals surface area contributed by atoms with Crippen LogP contribution in [0, 0.1) is 6.92 Å². The van der Waals surface area contributed by atoms with Gasteiger partial charge in [-0.2, -0.15) is 0 Å². The van der Waals surface area contributed by atoms with Crippen LogP contribution < -0.4 is 21.5 Å². The predicted molar refractivity (Wildman–Crippen MR) is 170 cm³/mol. The fourth-order valence-electron chi connectivity index (χ4n) is 5.82. The van der Waals surface area contributed by atoms with E-state index in [1.807, 2.05) is 50.2 Å². The van der Waals surface area contributed by atoms with Crippen molar-refractivity contribution in [3.8, 4) is 0 Å². The van der Waals surface area contributed by atoms with Crippen LogP contribution in [0.25, 0.3) is 10.8 Å². The summed E-state index contributed by atoms with van der Waals surface area (Å²) in [5.74, 6) is -0.549. The van der Waals surface area contributed by atoms with Crippen LogP contribution in [-0.4, -0.2) is 49.0 Å². The Morgan fingerprint density at radius 1 is 0.955 bits per heavy atom. The Hall–Kier alpha value is -4.48. The Kier molecular flexibility index (Phi) is 7.77. The maximum Gasteiger partial charge on any atom is 0.255 e. The summed E-state index contributed by atoms with van der Waals surface area (Å²) in [5, 5.41) is 10.3. The number of nitrogens with one attached hydrogen (secondary N) is 4. The summed E-state index contributed by atoms with van der Waals surface area (Å²) in [6.45, 7) is 3.99. The van der Waals surface area contributed by atoms with Gasteiger partial charge < -0.3 is 25.8 Å². The first kappa shape index (κ1) is 29.6. The zero-order valence-electron chi connectivity index (χ0n) is 24.8. The zero-order chi connectivity index (χ0) is 31.2. The van der Waals surface area contributed by atoms with Gasteiger partial charge in [-0.3, -0.25) is 14.4 Å². The third-order valence-corrected chi connectivity index (χ3v) is 10.8. The summed E-state index contributed by atoms with van der Waals surface area (Å²) in [5.41, 5.74) is 3.89. The second kappa shape index (κ2) is 11.5. The molecule has 1 aromatic heterocycles. The van der Waals surface area contributed by atoms with Gasteiger partial charge in [0.05, 0.1) is 16.7 Å². The molecule has 228 valence electrons. The first-order valence-corrected chi connectivity index (χ1v) is 16.2. The van der Waals surface area contributed by atoms with Crippen LogP contribution in [-0.2, 0) is 26.0 Å². The van der Waals surface area contributed by atoms with Crippen LogP contribution in [0.5, 0.6) is 0 Å². The number of rotatable bonds is 4. The number of aromatic nitrogens is 1. The molecule has 1 saturated carbocycles. The Morgan fingerprint density at radius 2 is 1.75 bits per heavy atom. The van der Waals surface area contributed by atoms with E-state index in [4.69, 9.17) is 0 Å². The number of carbonyl (C=O) groups is 2. The minimum atomic E-state index is -3.59. The zero-order valence-corrected chi connectivity index (χ0v) is 25.6. The molecule has 3 aliphatic rings. The number of nitrogens with zero attached hydrogens (tertiary/aromatic N) is 1. The van der Waals surface area contributed by atoms with Crippen molar-refractivity contribution < 1.29 is 18.0 Å². The number of hydrogen-bond donors (Lipinski definition) is 4. The van der Waals surface area contributed by atoms with Crippen LogP contribution in [0.3, 0.4) is 0 Å². The number of amides is 2. The van der Waals surface area contributed by atoms with Crippen molar-refractivity contribution in [2.75, 3.05) is 24.2 Å². The molecule has 2 amide bonds. The molecule has 11 heteroatoms. The molecule has 2 aliphatic heterocycles. The molecule has 0 radical (unpaired) electrons. The molecule has 1 aliphatic carbocycles. The van der Waals surface area contributed by atoms with Gasteiger partial charge in [-0.25, -0.2) is 8.42 Å². The molecule has 0 spiro atoms. The third-order valence-electron chi connectivity index (χ3n) is 8.39.